The topological polar surface area (TPSA) is 63.0 Å². The Bertz CT molecular complexity index is 579. The first-order valence-corrected chi connectivity index (χ1v) is 9.94. The van der Waals surface area contributed by atoms with Crippen molar-refractivity contribution < 1.29 is 18.7 Å². The predicted molar refractivity (Wildman–Crippen MR) is 104 cm³/mol. The van der Waals surface area contributed by atoms with Gasteiger partial charge in [-0.1, -0.05) is 25.8 Å². The van der Waals surface area contributed by atoms with Crippen LogP contribution in [0.25, 0.3) is 0 Å². The number of carbonyl (C=O) groups is 2. The molecule has 1 unspecified atom stereocenters. The van der Waals surface area contributed by atoms with E-state index in [1.54, 1.807) is 22.1 Å². The Morgan fingerprint density at radius 2 is 2.15 bits per heavy atom. The first-order chi connectivity index (χ1) is 13.1. The van der Waals surface area contributed by atoms with Gasteiger partial charge in [0.25, 0.3) is 0 Å². The lowest BCUT2D eigenvalue weighted by Gasteiger charge is -2.28. The molecule has 0 saturated carbocycles. The van der Waals surface area contributed by atoms with Crippen molar-refractivity contribution >= 4 is 11.8 Å². The van der Waals surface area contributed by atoms with Gasteiger partial charge >= 0.3 is 0 Å². The lowest BCUT2D eigenvalue weighted by molar-refractivity contribution is -0.141. The molecule has 1 aromatic rings. The molecule has 1 atom stereocenters. The molecule has 0 aliphatic carbocycles. The summed E-state index contributed by atoms with van der Waals surface area (Å²) in [6.07, 6.45) is 8.70. The van der Waals surface area contributed by atoms with Crippen LogP contribution in [0.3, 0.4) is 0 Å². The van der Waals surface area contributed by atoms with E-state index < -0.39 is 0 Å². The second-order valence-electron chi connectivity index (χ2n) is 7.01. The number of nitrogens with zero attached hydrogens (tertiary/aromatic N) is 2. The minimum atomic E-state index is -0.0902. The number of unbranched alkanes of at least 4 members (excludes halogenated alkanes) is 2. The number of hydrogen-bond donors (Lipinski definition) is 0. The van der Waals surface area contributed by atoms with Crippen molar-refractivity contribution in [3.8, 4) is 0 Å². The van der Waals surface area contributed by atoms with Gasteiger partial charge in [0.15, 0.2) is 0 Å². The van der Waals surface area contributed by atoms with E-state index in [4.69, 9.17) is 9.15 Å². The highest BCUT2D eigenvalue weighted by molar-refractivity contribution is 5.85. The van der Waals surface area contributed by atoms with Crippen LogP contribution in [0, 0.1) is 0 Å². The average molecular weight is 376 g/mol. The van der Waals surface area contributed by atoms with Crippen LogP contribution >= 0.6 is 0 Å². The van der Waals surface area contributed by atoms with E-state index in [1.807, 2.05) is 12.1 Å². The summed E-state index contributed by atoms with van der Waals surface area (Å²) in [4.78, 5) is 28.8. The van der Waals surface area contributed by atoms with Gasteiger partial charge in [0.1, 0.15) is 12.3 Å². The Morgan fingerprint density at radius 3 is 2.78 bits per heavy atom. The van der Waals surface area contributed by atoms with Crippen LogP contribution in [0.5, 0.6) is 0 Å². The number of carbonyl (C=O) groups excluding carboxylic acids is 2. The molecule has 2 amide bonds. The highest BCUT2D eigenvalue weighted by Crippen LogP contribution is 2.16. The maximum Gasteiger partial charge on any atom is 0.242 e. The zero-order valence-corrected chi connectivity index (χ0v) is 16.4. The molecule has 150 valence electrons. The van der Waals surface area contributed by atoms with Gasteiger partial charge in [-0.15, -0.1) is 6.58 Å². The number of furan rings is 1. The normalized spacial score (nSPS) is 16.3. The van der Waals surface area contributed by atoms with Gasteiger partial charge in [-0.3, -0.25) is 9.59 Å². The zero-order chi connectivity index (χ0) is 19.5. The van der Waals surface area contributed by atoms with Gasteiger partial charge in [0.2, 0.25) is 11.8 Å². The van der Waals surface area contributed by atoms with E-state index in [-0.39, 0.29) is 24.5 Å². The maximum absolute atomic E-state index is 13.0. The molecule has 1 aliphatic rings. The van der Waals surface area contributed by atoms with Crippen molar-refractivity contribution in [3.63, 3.8) is 0 Å². The fraction of sp³-hybridized carbons (Fsp3) is 0.619. The molecule has 6 heteroatoms. The summed E-state index contributed by atoms with van der Waals surface area (Å²) in [5, 5.41) is 0. The Balaban J connectivity index is 1.99. The largest absolute Gasteiger partial charge is 0.467 e. The summed E-state index contributed by atoms with van der Waals surface area (Å²) < 4.78 is 11.1. The number of hydrogen-bond acceptors (Lipinski definition) is 4. The van der Waals surface area contributed by atoms with Gasteiger partial charge in [0, 0.05) is 26.1 Å². The first-order valence-electron chi connectivity index (χ1n) is 9.94. The fourth-order valence-electron chi connectivity index (χ4n) is 3.24. The molecule has 0 N–H and O–H groups in total. The van der Waals surface area contributed by atoms with Crippen LogP contribution in [-0.2, 0) is 20.9 Å². The molecule has 1 aliphatic heterocycles. The van der Waals surface area contributed by atoms with E-state index >= 15 is 0 Å². The third-order valence-electron chi connectivity index (χ3n) is 4.75. The number of amides is 2. The summed E-state index contributed by atoms with van der Waals surface area (Å²) in [5.41, 5.74) is 0. The lowest BCUT2D eigenvalue weighted by atomic mass is 10.2. The van der Waals surface area contributed by atoms with Crippen LogP contribution in [0.1, 0.15) is 51.2 Å². The van der Waals surface area contributed by atoms with Crippen LogP contribution < -0.4 is 0 Å². The van der Waals surface area contributed by atoms with Crippen molar-refractivity contribution in [3.05, 3.63) is 36.8 Å². The summed E-state index contributed by atoms with van der Waals surface area (Å²) in [5.74, 6) is 0.644. The highest BCUT2D eigenvalue weighted by atomic mass is 16.5. The van der Waals surface area contributed by atoms with Crippen LogP contribution in [0.2, 0.25) is 0 Å². The summed E-state index contributed by atoms with van der Waals surface area (Å²) >= 11 is 0. The lowest BCUT2D eigenvalue weighted by Crippen LogP contribution is -2.45. The molecule has 0 spiro atoms. The van der Waals surface area contributed by atoms with E-state index in [0.717, 1.165) is 44.5 Å². The average Bonchev–Trinajstić information content (AvgIpc) is 3.35. The third-order valence-corrected chi connectivity index (χ3v) is 4.75. The molecule has 27 heavy (non-hydrogen) atoms. The minimum Gasteiger partial charge on any atom is -0.467 e. The highest BCUT2D eigenvalue weighted by Gasteiger charge is 2.25. The molecule has 1 fully saturated rings. The minimum absolute atomic E-state index is 0.00626. The maximum atomic E-state index is 13.0. The summed E-state index contributed by atoms with van der Waals surface area (Å²) in [6, 6.07) is 3.67. The molecule has 6 nitrogen and oxygen atoms in total. The second-order valence-corrected chi connectivity index (χ2v) is 7.01. The van der Waals surface area contributed by atoms with Gasteiger partial charge in [-0.05, 0) is 31.4 Å². The third kappa shape index (κ3) is 7.21. The smallest absolute Gasteiger partial charge is 0.242 e. The fourth-order valence-corrected chi connectivity index (χ4v) is 3.24. The van der Waals surface area contributed by atoms with Gasteiger partial charge in [-0.25, -0.2) is 0 Å². The van der Waals surface area contributed by atoms with Crippen molar-refractivity contribution in [2.45, 2.75) is 58.1 Å². The first kappa shape index (κ1) is 21.2. The van der Waals surface area contributed by atoms with Crippen molar-refractivity contribution in [2.75, 3.05) is 26.2 Å². The van der Waals surface area contributed by atoms with Crippen LogP contribution in [-0.4, -0.2) is 54.0 Å². The monoisotopic (exact) mass is 376 g/mol. The predicted octanol–water partition coefficient (Wildman–Crippen LogP) is 3.38. The summed E-state index contributed by atoms with van der Waals surface area (Å²) in [7, 11) is 0. The summed E-state index contributed by atoms with van der Waals surface area (Å²) in [6.45, 7) is 7.91. The van der Waals surface area contributed by atoms with Crippen molar-refractivity contribution in [2.24, 2.45) is 0 Å². The molecule has 2 rings (SSSR count). The Morgan fingerprint density at radius 1 is 1.30 bits per heavy atom. The SMILES string of the molecule is C=CCN(CC(=O)N(Cc1ccco1)CC1CCCO1)C(=O)CCCCC. The molecule has 1 aromatic heterocycles. The standard InChI is InChI=1S/C21H32N2O4/c1-3-5-6-11-20(24)22(12-4-2)17-21(25)23(15-18-9-7-13-26-18)16-19-10-8-14-27-19/h4,7,9,13,19H,2-3,5-6,8,10-12,14-17H2,1H3. The second kappa shape index (κ2) is 11.6. The van der Waals surface area contributed by atoms with E-state index in [0.29, 0.717) is 26.1 Å². The van der Waals surface area contributed by atoms with Crippen molar-refractivity contribution in [1.82, 2.24) is 9.80 Å². The van der Waals surface area contributed by atoms with Gasteiger partial charge < -0.3 is 19.0 Å². The molecule has 2 heterocycles. The number of rotatable bonds is 12. The van der Waals surface area contributed by atoms with Gasteiger partial charge in [-0.2, -0.15) is 0 Å². The number of ether oxygens (including phenoxy) is 1. The quantitative estimate of drug-likeness (QED) is 0.414. The molecular formula is C21H32N2O4. The Kier molecular flexibility index (Phi) is 9.11. The molecule has 0 aromatic carbocycles. The zero-order valence-electron chi connectivity index (χ0n) is 16.4. The molecule has 0 radical (unpaired) electrons. The molecular weight excluding hydrogens is 344 g/mol. The van der Waals surface area contributed by atoms with Gasteiger partial charge in [0.05, 0.1) is 18.9 Å². The Hall–Kier alpha value is -2.08. The Labute approximate surface area is 162 Å². The molecule has 0 bridgehead atoms. The van der Waals surface area contributed by atoms with Crippen LogP contribution in [0.4, 0.5) is 0 Å². The van der Waals surface area contributed by atoms with E-state index in [9.17, 15) is 9.59 Å². The van der Waals surface area contributed by atoms with E-state index in [2.05, 4.69) is 13.5 Å². The van der Waals surface area contributed by atoms with Crippen LogP contribution in [0.15, 0.2) is 35.5 Å². The molecule has 1 saturated heterocycles. The van der Waals surface area contributed by atoms with Crippen molar-refractivity contribution in [1.29, 1.82) is 0 Å². The van der Waals surface area contributed by atoms with E-state index in [1.165, 1.54) is 0 Å².